The van der Waals surface area contributed by atoms with Crippen LogP contribution in [0.1, 0.15) is 31.0 Å². The van der Waals surface area contributed by atoms with Gasteiger partial charge in [0.05, 0.1) is 18.3 Å². The Labute approximate surface area is 160 Å². The van der Waals surface area contributed by atoms with Gasteiger partial charge in [0.25, 0.3) is 0 Å². The van der Waals surface area contributed by atoms with Crippen LogP contribution in [0.4, 0.5) is 0 Å². The fraction of sp³-hybridized carbons (Fsp3) is 0.174. The minimum Gasteiger partial charge on any atom is -0.463 e. The second-order valence-electron chi connectivity index (χ2n) is 6.24. The quantitative estimate of drug-likeness (QED) is 0.603. The minimum absolute atomic E-state index is 0.00713. The van der Waals surface area contributed by atoms with Gasteiger partial charge in [-0.2, -0.15) is 0 Å². The number of carbonyl (C=O) groups excluding carboxylic acids is 1. The summed E-state index contributed by atoms with van der Waals surface area (Å²) in [7, 11) is 0. The molecule has 3 rings (SSSR count). The third kappa shape index (κ3) is 4.88. The molecule has 0 saturated carbocycles. The third-order valence-corrected chi connectivity index (χ3v) is 4.25. The largest absolute Gasteiger partial charge is 0.463 e. The van der Waals surface area contributed by atoms with Crippen molar-refractivity contribution in [3.05, 3.63) is 101 Å². The molecule has 2 aromatic carbocycles. The lowest BCUT2D eigenvalue weighted by Gasteiger charge is -2.27. The fourth-order valence-electron chi connectivity index (χ4n) is 2.96. The Balaban J connectivity index is 1.85. The van der Waals surface area contributed by atoms with Crippen molar-refractivity contribution in [2.45, 2.75) is 19.9 Å². The number of rotatable bonds is 6. The zero-order chi connectivity index (χ0) is 19.1. The van der Waals surface area contributed by atoms with Crippen LogP contribution in [0.25, 0.3) is 6.08 Å². The highest BCUT2D eigenvalue weighted by Crippen LogP contribution is 2.30. The summed E-state index contributed by atoms with van der Waals surface area (Å²) in [5, 5.41) is 1.98. The number of carbonyl (C=O) groups is 1. The van der Waals surface area contributed by atoms with Crippen molar-refractivity contribution in [1.82, 2.24) is 10.4 Å². The molecular weight excluding hydrogens is 336 g/mol. The van der Waals surface area contributed by atoms with Gasteiger partial charge in [-0.05, 0) is 37.1 Å². The van der Waals surface area contributed by atoms with Gasteiger partial charge in [-0.25, -0.2) is 4.79 Å². The molecule has 1 atom stereocenters. The van der Waals surface area contributed by atoms with Crippen molar-refractivity contribution in [2.75, 3.05) is 6.61 Å². The van der Waals surface area contributed by atoms with Crippen LogP contribution in [0, 0.1) is 0 Å². The predicted octanol–water partition coefficient (Wildman–Crippen LogP) is 4.61. The Morgan fingerprint density at radius 3 is 2.41 bits per heavy atom. The molecule has 4 heteroatoms. The lowest BCUT2D eigenvalue weighted by atomic mass is 10.1. The number of allylic oxidation sites excluding steroid dienone is 2. The number of nitrogens with one attached hydrogen (secondary N) is 1. The molecule has 4 nitrogen and oxygen atoms in total. The SMILES string of the molecule is CCOC(=O)/C=C(\C)N1NC(/C=C/c2ccccc2)=C[C@@H]1c1ccccc1. The van der Waals surface area contributed by atoms with Crippen molar-refractivity contribution in [3.63, 3.8) is 0 Å². The van der Waals surface area contributed by atoms with Crippen LogP contribution in [0.3, 0.4) is 0 Å². The number of esters is 1. The molecule has 0 fully saturated rings. The molecule has 1 N–H and O–H groups in total. The van der Waals surface area contributed by atoms with E-state index in [1.165, 1.54) is 6.08 Å². The average Bonchev–Trinajstić information content (AvgIpc) is 3.12. The van der Waals surface area contributed by atoms with Crippen LogP contribution >= 0.6 is 0 Å². The Morgan fingerprint density at radius 2 is 1.74 bits per heavy atom. The highest BCUT2D eigenvalue weighted by molar-refractivity contribution is 5.82. The summed E-state index contributed by atoms with van der Waals surface area (Å²) in [4.78, 5) is 11.9. The van der Waals surface area contributed by atoms with E-state index in [-0.39, 0.29) is 12.0 Å². The molecular formula is C23H24N2O2. The number of hydrazine groups is 1. The van der Waals surface area contributed by atoms with Gasteiger partial charge in [-0.1, -0.05) is 66.7 Å². The standard InChI is InChI=1S/C23H24N2O2/c1-3-27-23(26)16-18(2)25-22(20-12-8-5-9-13-20)17-21(24-25)15-14-19-10-6-4-7-11-19/h4-17,22,24H,3H2,1-2H3/b15-14+,18-16+/t22-/m1/s1. The molecule has 2 aromatic rings. The maximum Gasteiger partial charge on any atom is 0.332 e. The van der Waals surface area contributed by atoms with E-state index in [4.69, 9.17) is 4.74 Å². The molecule has 0 aromatic heterocycles. The molecule has 0 unspecified atom stereocenters. The first-order valence-corrected chi connectivity index (χ1v) is 9.08. The van der Waals surface area contributed by atoms with Crippen LogP contribution in [0.5, 0.6) is 0 Å². The molecule has 0 bridgehead atoms. The maximum absolute atomic E-state index is 11.9. The van der Waals surface area contributed by atoms with E-state index < -0.39 is 0 Å². The highest BCUT2D eigenvalue weighted by Gasteiger charge is 2.25. The summed E-state index contributed by atoms with van der Waals surface area (Å²) in [6, 6.07) is 20.3. The van der Waals surface area contributed by atoms with Crippen LogP contribution in [-0.4, -0.2) is 17.6 Å². The fourth-order valence-corrected chi connectivity index (χ4v) is 2.96. The van der Waals surface area contributed by atoms with Crippen molar-refractivity contribution in [3.8, 4) is 0 Å². The molecule has 27 heavy (non-hydrogen) atoms. The van der Waals surface area contributed by atoms with E-state index >= 15 is 0 Å². The lowest BCUT2D eigenvalue weighted by Crippen LogP contribution is -2.32. The predicted molar refractivity (Wildman–Crippen MR) is 108 cm³/mol. The Bertz CT molecular complexity index is 854. The maximum atomic E-state index is 11.9. The molecule has 138 valence electrons. The van der Waals surface area contributed by atoms with E-state index in [9.17, 15) is 4.79 Å². The van der Waals surface area contributed by atoms with Crippen LogP contribution in [0.15, 0.2) is 90.3 Å². The van der Waals surface area contributed by atoms with Gasteiger partial charge in [0.2, 0.25) is 0 Å². The van der Waals surface area contributed by atoms with Crippen molar-refractivity contribution in [2.24, 2.45) is 0 Å². The first-order chi connectivity index (χ1) is 13.2. The minimum atomic E-state index is -0.336. The molecule has 1 heterocycles. The van der Waals surface area contributed by atoms with Crippen molar-refractivity contribution < 1.29 is 9.53 Å². The van der Waals surface area contributed by atoms with Gasteiger partial charge in [0.1, 0.15) is 0 Å². The Kier molecular flexibility index (Phi) is 6.10. The summed E-state index contributed by atoms with van der Waals surface area (Å²) in [5.74, 6) is -0.336. The molecule has 0 aliphatic carbocycles. The number of ether oxygens (including phenoxy) is 1. The van der Waals surface area contributed by atoms with Gasteiger partial charge in [0, 0.05) is 11.8 Å². The summed E-state index contributed by atoms with van der Waals surface area (Å²) in [6.45, 7) is 4.06. The molecule has 0 radical (unpaired) electrons. The first-order valence-electron chi connectivity index (χ1n) is 9.08. The number of hydrogen-bond acceptors (Lipinski definition) is 4. The summed E-state index contributed by atoms with van der Waals surface area (Å²) < 4.78 is 5.04. The van der Waals surface area contributed by atoms with E-state index in [1.807, 2.05) is 54.4 Å². The van der Waals surface area contributed by atoms with Crippen molar-refractivity contribution in [1.29, 1.82) is 0 Å². The molecule has 0 spiro atoms. The first kappa shape index (κ1) is 18.5. The van der Waals surface area contributed by atoms with Gasteiger partial charge >= 0.3 is 5.97 Å². The molecule has 1 aliphatic heterocycles. The molecule has 0 amide bonds. The normalized spacial score (nSPS) is 17.0. The third-order valence-electron chi connectivity index (χ3n) is 4.25. The summed E-state index contributed by atoms with van der Waals surface area (Å²) in [5.41, 5.74) is 7.43. The van der Waals surface area contributed by atoms with Crippen LogP contribution < -0.4 is 5.43 Å². The zero-order valence-corrected chi connectivity index (χ0v) is 15.6. The lowest BCUT2D eigenvalue weighted by molar-refractivity contribution is -0.137. The van der Waals surface area contributed by atoms with E-state index in [1.54, 1.807) is 6.92 Å². The molecule has 0 saturated heterocycles. The monoisotopic (exact) mass is 360 g/mol. The Morgan fingerprint density at radius 1 is 1.07 bits per heavy atom. The van der Waals surface area contributed by atoms with E-state index in [2.05, 4.69) is 41.8 Å². The Hall–Kier alpha value is -3.27. The van der Waals surface area contributed by atoms with Crippen LogP contribution in [0.2, 0.25) is 0 Å². The number of nitrogens with zero attached hydrogens (tertiary/aromatic N) is 1. The smallest absolute Gasteiger partial charge is 0.332 e. The van der Waals surface area contributed by atoms with Gasteiger partial charge < -0.3 is 4.74 Å². The second-order valence-corrected chi connectivity index (χ2v) is 6.24. The van der Waals surface area contributed by atoms with Gasteiger partial charge in [-0.15, -0.1) is 0 Å². The zero-order valence-electron chi connectivity index (χ0n) is 15.6. The summed E-state index contributed by atoms with van der Waals surface area (Å²) >= 11 is 0. The van der Waals surface area contributed by atoms with Crippen molar-refractivity contribution >= 4 is 12.0 Å². The van der Waals surface area contributed by atoms with E-state index in [0.29, 0.717) is 6.61 Å². The topological polar surface area (TPSA) is 41.6 Å². The number of hydrogen-bond donors (Lipinski definition) is 1. The average molecular weight is 360 g/mol. The van der Waals surface area contributed by atoms with Gasteiger partial charge in [0.15, 0.2) is 0 Å². The summed E-state index contributed by atoms with van der Waals surface area (Å²) in [6.07, 6.45) is 7.78. The van der Waals surface area contributed by atoms with Crippen LogP contribution in [-0.2, 0) is 9.53 Å². The van der Waals surface area contributed by atoms with E-state index in [0.717, 1.165) is 22.5 Å². The number of benzene rings is 2. The van der Waals surface area contributed by atoms with Gasteiger partial charge in [-0.3, -0.25) is 10.4 Å². The molecule has 1 aliphatic rings. The second kappa shape index (κ2) is 8.90. The highest BCUT2D eigenvalue weighted by atomic mass is 16.5.